The minimum Gasteiger partial charge on any atom is -0.0683 e. The second-order valence-electron chi connectivity index (χ2n) is 3.34. The Bertz CT molecular complexity index is 250. The summed E-state index contributed by atoms with van der Waals surface area (Å²) < 4.78 is 0. The summed E-state index contributed by atoms with van der Waals surface area (Å²) in [5.74, 6) is 0.853. The van der Waals surface area contributed by atoms with Gasteiger partial charge in [-0.05, 0) is 36.3 Å². The first kappa shape index (κ1) is 10.3. The van der Waals surface area contributed by atoms with Crippen LogP contribution in [0.3, 0.4) is 0 Å². The lowest BCUT2D eigenvalue weighted by Gasteiger charge is -2.06. The Hall–Kier alpha value is -0.780. The smallest absolute Gasteiger partial charge is 0.0159 e. The van der Waals surface area contributed by atoms with Crippen molar-refractivity contribution in [1.82, 2.24) is 0 Å². The van der Waals surface area contributed by atoms with Crippen LogP contribution in [0.15, 0.2) is 24.3 Å². The van der Waals surface area contributed by atoms with E-state index in [4.69, 9.17) is 0 Å². The predicted octanol–water partition coefficient (Wildman–Crippen LogP) is 4.15. The SMILES string of the molecule is CC.CC[C@@H]1CCc2ccccc21. The van der Waals surface area contributed by atoms with E-state index in [0.29, 0.717) is 0 Å². The molecule has 1 aliphatic carbocycles. The molecule has 0 aliphatic heterocycles. The molecule has 0 bridgehead atoms. The van der Waals surface area contributed by atoms with Crippen molar-refractivity contribution in [2.45, 2.75) is 46.0 Å². The van der Waals surface area contributed by atoms with Gasteiger partial charge < -0.3 is 0 Å². The molecule has 0 fully saturated rings. The fourth-order valence-corrected chi connectivity index (χ4v) is 2.07. The Kier molecular flexibility index (Phi) is 4.01. The number of fused-ring (bicyclic) bond motifs is 1. The zero-order valence-corrected chi connectivity index (χ0v) is 9.01. The van der Waals surface area contributed by atoms with E-state index in [0.717, 1.165) is 5.92 Å². The van der Waals surface area contributed by atoms with Gasteiger partial charge in [-0.25, -0.2) is 0 Å². The van der Waals surface area contributed by atoms with Crippen LogP contribution >= 0.6 is 0 Å². The fraction of sp³-hybridized carbons (Fsp3) is 0.538. The number of hydrogen-bond donors (Lipinski definition) is 0. The van der Waals surface area contributed by atoms with E-state index in [9.17, 15) is 0 Å². The molecule has 0 saturated carbocycles. The predicted molar refractivity (Wildman–Crippen MR) is 59.1 cm³/mol. The standard InChI is InChI=1S/C11H14.C2H6/c1-2-9-7-8-10-5-3-4-6-11(9)10;1-2/h3-6,9H,2,7-8H2,1H3;1-2H3/t9-;/m1./s1. The van der Waals surface area contributed by atoms with Crippen LogP contribution in [0, 0.1) is 0 Å². The highest BCUT2D eigenvalue weighted by molar-refractivity contribution is 5.34. The van der Waals surface area contributed by atoms with Crippen molar-refractivity contribution >= 4 is 0 Å². The Morgan fingerprint density at radius 1 is 1.23 bits per heavy atom. The third kappa shape index (κ3) is 2.12. The van der Waals surface area contributed by atoms with Gasteiger partial charge in [0.15, 0.2) is 0 Å². The number of benzene rings is 1. The van der Waals surface area contributed by atoms with Crippen molar-refractivity contribution in [3.05, 3.63) is 35.4 Å². The van der Waals surface area contributed by atoms with E-state index in [1.165, 1.54) is 19.3 Å². The van der Waals surface area contributed by atoms with Gasteiger partial charge in [0.25, 0.3) is 0 Å². The van der Waals surface area contributed by atoms with E-state index >= 15 is 0 Å². The van der Waals surface area contributed by atoms with Gasteiger partial charge in [0.1, 0.15) is 0 Å². The van der Waals surface area contributed by atoms with Crippen molar-refractivity contribution in [2.24, 2.45) is 0 Å². The molecule has 0 unspecified atom stereocenters. The minimum absolute atomic E-state index is 0.853. The van der Waals surface area contributed by atoms with Crippen LogP contribution in [0.4, 0.5) is 0 Å². The van der Waals surface area contributed by atoms with Crippen LogP contribution < -0.4 is 0 Å². The molecule has 72 valence electrons. The lowest BCUT2D eigenvalue weighted by molar-refractivity contribution is 0.656. The molecule has 0 saturated heterocycles. The Labute approximate surface area is 82.0 Å². The highest BCUT2D eigenvalue weighted by Crippen LogP contribution is 2.34. The molecule has 13 heavy (non-hydrogen) atoms. The molecule has 0 spiro atoms. The Balaban J connectivity index is 0.000000396. The summed E-state index contributed by atoms with van der Waals surface area (Å²) >= 11 is 0. The van der Waals surface area contributed by atoms with Gasteiger partial charge >= 0.3 is 0 Å². The van der Waals surface area contributed by atoms with Crippen molar-refractivity contribution in [3.63, 3.8) is 0 Å². The van der Waals surface area contributed by atoms with Gasteiger partial charge in [0, 0.05) is 0 Å². The summed E-state index contributed by atoms with van der Waals surface area (Å²) in [6, 6.07) is 8.87. The maximum absolute atomic E-state index is 2.29. The van der Waals surface area contributed by atoms with Gasteiger partial charge in [0.2, 0.25) is 0 Å². The quantitative estimate of drug-likeness (QED) is 0.603. The molecular formula is C13H20. The lowest BCUT2D eigenvalue weighted by Crippen LogP contribution is -1.88. The second kappa shape index (κ2) is 5.06. The van der Waals surface area contributed by atoms with E-state index < -0.39 is 0 Å². The molecule has 0 amide bonds. The summed E-state index contributed by atoms with van der Waals surface area (Å²) in [5, 5.41) is 0. The van der Waals surface area contributed by atoms with Gasteiger partial charge in [-0.3, -0.25) is 0 Å². The number of aryl methyl sites for hydroxylation is 1. The average molecular weight is 176 g/mol. The first-order chi connectivity index (χ1) is 6.42. The zero-order chi connectivity index (χ0) is 9.68. The first-order valence-corrected chi connectivity index (χ1v) is 5.49. The average Bonchev–Trinajstić information content (AvgIpc) is 2.64. The molecule has 2 rings (SSSR count). The third-order valence-electron chi connectivity index (χ3n) is 2.75. The molecule has 0 nitrogen and oxygen atoms in total. The number of hydrogen-bond acceptors (Lipinski definition) is 0. The first-order valence-electron chi connectivity index (χ1n) is 5.49. The van der Waals surface area contributed by atoms with Crippen molar-refractivity contribution in [2.75, 3.05) is 0 Å². The van der Waals surface area contributed by atoms with Gasteiger partial charge in [0.05, 0.1) is 0 Å². The molecule has 1 atom stereocenters. The summed E-state index contributed by atoms with van der Waals surface area (Å²) in [4.78, 5) is 0. The van der Waals surface area contributed by atoms with Crippen LogP contribution in [0.25, 0.3) is 0 Å². The topological polar surface area (TPSA) is 0 Å². The van der Waals surface area contributed by atoms with Gasteiger partial charge in [-0.2, -0.15) is 0 Å². The summed E-state index contributed by atoms with van der Waals surface area (Å²) in [6.07, 6.45) is 3.97. The van der Waals surface area contributed by atoms with Crippen LogP contribution in [0.2, 0.25) is 0 Å². The van der Waals surface area contributed by atoms with Crippen LogP contribution in [-0.2, 0) is 6.42 Å². The molecule has 0 heteroatoms. The van der Waals surface area contributed by atoms with Gasteiger partial charge in [-0.1, -0.05) is 45.0 Å². The summed E-state index contributed by atoms with van der Waals surface area (Å²) in [5.41, 5.74) is 3.19. The van der Waals surface area contributed by atoms with Crippen molar-refractivity contribution in [1.29, 1.82) is 0 Å². The van der Waals surface area contributed by atoms with Crippen molar-refractivity contribution < 1.29 is 0 Å². The Morgan fingerprint density at radius 3 is 2.62 bits per heavy atom. The van der Waals surface area contributed by atoms with Crippen LogP contribution in [0.1, 0.15) is 50.7 Å². The third-order valence-corrected chi connectivity index (χ3v) is 2.75. The van der Waals surface area contributed by atoms with E-state index in [2.05, 4.69) is 31.2 Å². The maximum Gasteiger partial charge on any atom is -0.0159 e. The minimum atomic E-state index is 0.853. The molecule has 1 aromatic rings. The van der Waals surface area contributed by atoms with E-state index in [-0.39, 0.29) is 0 Å². The second-order valence-corrected chi connectivity index (χ2v) is 3.34. The van der Waals surface area contributed by atoms with Crippen LogP contribution in [-0.4, -0.2) is 0 Å². The molecular weight excluding hydrogens is 156 g/mol. The molecule has 0 aromatic heterocycles. The Morgan fingerprint density at radius 2 is 1.92 bits per heavy atom. The highest BCUT2D eigenvalue weighted by atomic mass is 14.2. The van der Waals surface area contributed by atoms with E-state index in [1.807, 2.05) is 13.8 Å². The van der Waals surface area contributed by atoms with E-state index in [1.54, 1.807) is 11.1 Å². The molecule has 0 radical (unpaired) electrons. The van der Waals surface area contributed by atoms with Crippen molar-refractivity contribution in [3.8, 4) is 0 Å². The lowest BCUT2D eigenvalue weighted by atomic mass is 9.99. The molecule has 1 aromatic carbocycles. The van der Waals surface area contributed by atoms with Crippen LogP contribution in [0.5, 0.6) is 0 Å². The normalized spacial score (nSPS) is 18.8. The molecule has 1 aliphatic rings. The monoisotopic (exact) mass is 176 g/mol. The maximum atomic E-state index is 2.29. The zero-order valence-electron chi connectivity index (χ0n) is 9.01. The van der Waals surface area contributed by atoms with Gasteiger partial charge in [-0.15, -0.1) is 0 Å². The summed E-state index contributed by atoms with van der Waals surface area (Å²) in [7, 11) is 0. The molecule has 0 heterocycles. The molecule has 0 N–H and O–H groups in total. The number of rotatable bonds is 1. The summed E-state index contributed by atoms with van der Waals surface area (Å²) in [6.45, 7) is 6.28. The largest absolute Gasteiger partial charge is 0.0683 e. The highest BCUT2D eigenvalue weighted by Gasteiger charge is 2.19. The fourth-order valence-electron chi connectivity index (χ4n) is 2.07.